The molecule has 1 aromatic heterocycles. The maximum Gasteiger partial charge on any atom is 0.305 e. The maximum atomic E-state index is 12.6. The first-order chi connectivity index (χ1) is 14.0. The summed E-state index contributed by atoms with van der Waals surface area (Å²) in [5, 5.41) is 0.801. The van der Waals surface area contributed by atoms with Gasteiger partial charge in [0, 0.05) is 17.6 Å². The van der Waals surface area contributed by atoms with Crippen molar-refractivity contribution < 1.29 is 23.5 Å². The number of carbonyl (C=O) groups excluding carboxylic acids is 2. The van der Waals surface area contributed by atoms with Gasteiger partial charge >= 0.3 is 5.91 Å². The Morgan fingerprint density at radius 3 is 2.48 bits per heavy atom. The Bertz CT molecular complexity index is 1000. The van der Waals surface area contributed by atoms with Crippen LogP contribution in [0.2, 0.25) is 0 Å². The molecule has 2 aromatic carbocycles. The van der Waals surface area contributed by atoms with Crippen LogP contribution in [0.1, 0.15) is 34.2 Å². The van der Waals surface area contributed by atoms with Gasteiger partial charge in [-0.05, 0) is 50.1 Å². The smallest absolute Gasteiger partial charge is 0.305 e. The van der Waals surface area contributed by atoms with Gasteiger partial charge in [0.1, 0.15) is 11.3 Å². The summed E-state index contributed by atoms with van der Waals surface area (Å²) in [5.74, 6) is -0.342. The third-order valence-electron chi connectivity index (χ3n) is 4.24. The molecule has 0 fully saturated rings. The lowest BCUT2D eigenvalue weighted by atomic mass is 10.1. The van der Waals surface area contributed by atoms with E-state index in [9.17, 15) is 9.59 Å². The number of amides is 2. The fourth-order valence-electron chi connectivity index (χ4n) is 3.01. The SMILES string of the molecule is CCOCc1c(C(=O)NNC(=O)COc2cc(C)cc(C)c2)oc2ccccc12. The fourth-order valence-corrected chi connectivity index (χ4v) is 3.01. The third-order valence-corrected chi connectivity index (χ3v) is 4.24. The van der Waals surface area contributed by atoms with Crippen LogP contribution in [0.15, 0.2) is 46.9 Å². The van der Waals surface area contributed by atoms with Crippen molar-refractivity contribution in [2.75, 3.05) is 13.2 Å². The molecule has 0 aliphatic carbocycles. The molecule has 0 aliphatic heterocycles. The molecule has 0 saturated carbocycles. The lowest BCUT2D eigenvalue weighted by Crippen LogP contribution is -2.44. The Morgan fingerprint density at radius 2 is 1.76 bits per heavy atom. The summed E-state index contributed by atoms with van der Waals surface area (Å²) in [6, 6.07) is 13.0. The number of hydrogen-bond donors (Lipinski definition) is 2. The van der Waals surface area contributed by atoms with Crippen molar-refractivity contribution in [2.45, 2.75) is 27.4 Å². The van der Waals surface area contributed by atoms with E-state index in [0.717, 1.165) is 16.5 Å². The van der Waals surface area contributed by atoms with Gasteiger partial charge in [-0.15, -0.1) is 0 Å². The summed E-state index contributed by atoms with van der Waals surface area (Å²) in [7, 11) is 0. The van der Waals surface area contributed by atoms with Crippen LogP contribution in [0.3, 0.4) is 0 Å². The number of furan rings is 1. The number of benzene rings is 2. The van der Waals surface area contributed by atoms with Crippen LogP contribution in [0.5, 0.6) is 5.75 Å². The highest BCUT2D eigenvalue weighted by atomic mass is 16.5. The van der Waals surface area contributed by atoms with Crippen LogP contribution in [0.4, 0.5) is 0 Å². The van der Waals surface area contributed by atoms with E-state index in [0.29, 0.717) is 23.5 Å². The summed E-state index contributed by atoms with van der Waals surface area (Å²) in [4.78, 5) is 24.6. The number of hydrazine groups is 1. The molecule has 2 amide bonds. The summed E-state index contributed by atoms with van der Waals surface area (Å²) in [6.45, 7) is 6.29. The number of para-hydroxylation sites is 1. The molecule has 7 nitrogen and oxygen atoms in total. The minimum Gasteiger partial charge on any atom is -0.484 e. The number of carbonyl (C=O) groups is 2. The van der Waals surface area contributed by atoms with Crippen molar-refractivity contribution in [3.8, 4) is 5.75 Å². The molecule has 29 heavy (non-hydrogen) atoms. The van der Waals surface area contributed by atoms with Crippen molar-refractivity contribution in [3.63, 3.8) is 0 Å². The molecule has 7 heteroatoms. The number of hydrogen-bond acceptors (Lipinski definition) is 5. The molecular formula is C22H24N2O5. The number of fused-ring (bicyclic) bond motifs is 1. The molecule has 0 saturated heterocycles. The van der Waals surface area contributed by atoms with Crippen molar-refractivity contribution in [2.24, 2.45) is 0 Å². The Morgan fingerprint density at radius 1 is 1.03 bits per heavy atom. The van der Waals surface area contributed by atoms with E-state index >= 15 is 0 Å². The normalized spacial score (nSPS) is 10.7. The van der Waals surface area contributed by atoms with Gasteiger partial charge in [0.15, 0.2) is 12.4 Å². The maximum absolute atomic E-state index is 12.6. The highest BCUT2D eigenvalue weighted by Gasteiger charge is 2.21. The molecule has 0 spiro atoms. The topological polar surface area (TPSA) is 89.8 Å². The first-order valence-electron chi connectivity index (χ1n) is 9.36. The molecule has 2 N–H and O–H groups in total. The first-order valence-corrected chi connectivity index (χ1v) is 9.36. The Hall–Kier alpha value is -3.32. The minimum atomic E-state index is -0.560. The fraction of sp³-hybridized carbons (Fsp3) is 0.273. The molecule has 0 radical (unpaired) electrons. The Labute approximate surface area is 169 Å². The van der Waals surface area contributed by atoms with Crippen molar-refractivity contribution >= 4 is 22.8 Å². The monoisotopic (exact) mass is 396 g/mol. The molecule has 0 aliphatic rings. The van der Waals surface area contributed by atoms with Crippen LogP contribution >= 0.6 is 0 Å². The van der Waals surface area contributed by atoms with Crippen molar-refractivity contribution in [1.82, 2.24) is 10.9 Å². The zero-order chi connectivity index (χ0) is 20.8. The van der Waals surface area contributed by atoms with Gasteiger partial charge in [-0.1, -0.05) is 24.3 Å². The zero-order valence-corrected chi connectivity index (χ0v) is 16.7. The number of aryl methyl sites for hydroxylation is 2. The van der Waals surface area contributed by atoms with Gasteiger partial charge < -0.3 is 13.9 Å². The van der Waals surface area contributed by atoms with Crippen LogP contribution in [0.25, 0.3) is 11.0 Å². The average molecular weight is 396 g/mol. The van der Waals surface area contributed by atoms with Crippen molar-refractivity contribution in [1.29, 1.82) is 0 Å². The van der Waals surface area contributed by atoms with E-state index in [1.807, 2.05) is 57.2 Å². The minimum absolute atomic E-state index is 0.107. The molecule has 0 unspecified atom stereocenters. The van der Waals surface area contributed by atoms with Gasteiger partial charge in [-0.2, -0.15) is 0 Å². The van der Waals surface area contributed by atoms with E-state index in [2.05, 4.69) is 10.9 Å². The highest BCUT2D eigenvalue weighted by Crippen LogP contribution is 2.26. The molecular weight excluding hydrogens is 372 g/mol. The standard InChI is InChI=1S/C22H24N2O5/c1-4-27-12-18-17-7-5-6-8-19(17)29-21(18)22(26)24-23-20(25)13-28-16-10-14(2)9-15(3)11-16/h5-11H,4,12-13H2,1-3H3,(H,23,25)(H,24,26). The third kappa shape index (κ3) is 5.14. The second-order valence-corrected chi connectivity index (χ2v) is 6.66. The van der Waals surface area contributed by atoms with E-state index < -0.39 is 11.8 Å². The quantitative estimate of drug-likeness (QED) is 0.597. The van der Waals surface area contributed by atoms with E-state index in [1.54, 1.807) is 6.07 Å². The van der Waals surface area contributed by atoms with Gasteiger partial charge in [0.2, 0.25) is 0 Å². The predicted octanol–water partition coefficient (Wildman–Crippen LogP) is 3.43. The van der Waals surface area contributed by atoms with E-state index in [4.69, 9.17) is 13.9 Å². The zero-order valence-electron chi connectivity index (χ0n) is 16.7. The first kappa shape index (κ1) is 20.4. The molecule has 3 aromatic rings. The van der Waals surface area contributed by atoms with Crippen LogP contribution in [0, 0.1) is 13.8 Å². The number of ether oxygens (including phenoxy) is 2. The Kier molecular flexibility index (Phi) is 6.51. The van der Waals surface area contributed by atoms with E-state index in [1.165, 1.54) is 0 Å². The lowest BCUT2D eigenvalue weighted by Gasteiger charge is -2.10. The molecule has 0 bridgehead atoms. The highest BCUT2D eigenvalue weighted by molar-refractivity contribution is 5.99. The summed E-state index contributed by atoms with van der Waals surface area (Å²) in [6.07, 6.45) is 0. The van der Waals surface area contributed by atoms with Crippen LogP contribution in [-0.2, 0) is 16.1 Å². The summed E-state index contributed by atoms with van der Waals surface area (Å²) < 4.78 is 16.6. The lowest BCUT2D eigenvalue weighted by molar-refractivity contribution is -0.123. The molecule has 0 atom stereocenters. The second-order valence-electron chi connectivity index (χ2n) is 6.66. The molecule has 1 heterocycles. The van der Waals surface area contributed by atoms with Crippen molar-refractivity contribution in [3.05, 3.63) is 64.9 Å². The second kappa shape index (κ2) is 9.25. The number of nitrogens with one attached hydrogen (secondary N) is 2. The van der Waals surface area contributed by atoms with E-state index in [-0.39, 0.29) is 19.0 Å². The average Bonchev–Trinajstić information content (AvgIpc) is 3.07. The number of rotatable bonds is 7. The summed E-state index contributed by atoms with van der Waals surface area (Å²) in [5.41, 5.74) is 8.02. The molecule has 152 valence electrons. The predicted molar refractivity (Wildman–Crippen MR) is 109 cm³/mol. The Balaban J connectivity index is 1.62. The van der Waals surface area contributed by atoms with Crippen LogP contribution < -0.4 is 15.6 Å². The largest absolute Gasteiger partial charge is 0.484 e. The summed E-state index contributed by atoms with van der Waals surface area (Å²) >= 11 is 0. The van der Waals surface area contributed by atoms with Gasteiger partial charge in [-0.3, -0.25) is 20.4 Å². The van der Waals surface area contributed by atoms with Gasteiger partial charge in [0.05, 0.1) is 6.61 Å². The molecule has 3 rings (SSSR count). The van der Waals surface area contributed by atoms with Gasteiger partial charge in [-0.25, -0.2) is 0 Å². The van der Waals surface area contributed by atoms with Crippen LogP contribution in [-0.4, -0.2) is 25.0 Å². The van der Waals surface area contributed by atoms with Gasteiger partial charge in [0.25, 0.3) is 5.91 Å².